The maximum Gasteiger partial charge on any atom is 0.340 e. The topological polar surface area (TPSA) is 73.6 Å². The number of benzene rings is 2. The molecule has 21 heavy (non-hydrogen) atoms. The van der Waals surface area contributed by atoms with Crippen LogP contribution in [0.4, 0.5) is 17.1 Å². The van der Waals surface area contributed by atoms with Crippen LogP contribution in [0.15, 0.2) is 42.5 Å². The number of esters is 1. The van der Waals surface area contributed by atoms with Crippen LogP contribution in [0.2, 0.25) is 0 Å². The summed E-state index contributed by atoms with van der Waals surface area (Å²) in [5.74, 6) is 0.261. The average Bonchev–Trinajstić information content (AvgIpc) is 2.50. The van der Waals surface area contributed by atoms with E-state index >= 15 is 0 Å². The molecule has 0 aliphatic rings. The highest BCUT2D eigenvalue weighted by Gasteiger charge is 2.14. The number of methoxy groups -OCH3 is 1. The Morgan fingerprint density at radius 1 is 1.14 bits per heavy atom. The number of para-hydroxylation sites is 3. The summed E-state index contributed by atoms with van der Waals surface area (Å²) in [7, 11) is 1.60. The van der Waals surface area contributed by atoms with Gasteiger partial charge in [-0.2, -0.15) is 0 Å². The van der Waals surface area contributed by atoms with E-state index in [1.54, 1.807) is 32.2 Å². The van der Waals surface area contributed by atoms with Crippen LogP contribution in [0.5, 0.6) is 5.75 Å². The maximum absolute atomic E-state index is 11.8. The molecule has 0 spiro atoms. The van der Waals surface area contributed by atoms with Gasteiger partial charge in [-0.05, 0) is 31.2 Å². The van der Waals surface area contributed by atoms with Crippen molar-refractivity contribution in [2.45, 2.75) is 6.92 Å². The van der Waals surface area contributed by atoms with Gasteiger partial charge in [0.05, 0.1) is 36.3 Å². The monoisotopic (exact) mass is 286 g/mol. The van der Waals surface area contributed by atoms with Gasteiger partial charge in [0.2, 0.25) is 0 Å². The van der Waals surface area contributed by atoms with Crippen LogP contribution in [-0.2, 0) is 4.74 Å². The Bertz CT molecular complexity index is 641. The Hall–Kier alpha value is -2.69. The van der Waals surface area contributed by atoms with E-state index in [0.717, 1.165) is 5.69 Å². The second kappa shape index (κ2) is 6.65. The third-order valence-electron chi connectivity index (χ3n) is 2.98. The lowest BCUT2D eigenvalue weighted by Crippen LogP contribution is -2.09. The van der Waals surface area contributed by atoms with Crippen LogP contribution in [0.3, 0.4) is 0 Å². The first-order chi connectivity index (χ1) is 10.2. The number of carbonyl (C=O) groups is 1. The average molecular weight is 286 g/mol. The number of carbonyl (C=O) groups excluding carboxylic acids is 1. The van der Waals surface area contributed by atoms with E-state index < -0.39 is 5.97 Å². The molecule has 110 valence electrons. The predicted octanol–water partition coefficient (Wildman–Crippen LogP) is 3.20. The summed E-state index contributed by atoms with van der Waals surface area (Å²) in [5.41, 5.74) is 8.14. The predicted molar refractivity (Wildman–Crippen MR) is 83.1 cm³/mol. The lowest BCUT2D eigenvalue weighted by atomic mass is 10.1. The fourth-order valence-corrected chi connectivity index (χ4v) is 1.95. The lowest BCUT2D eigenvalue weighted by Gasteiger charge is -2.14. The molecule has 0 saturated carbocycles. The summed E-state index contributed by atoms with van der Waals surface area (Å²) in [4.78, 5) is 11.8. The van der Waals surface area contributed by atoms with Crippen molar-refractivity contribution in [1.82, 2.24) is 0 Å². The summed E-state index contributed by atoms with van der Waals surface area (Å²) < 4.78 is 10.3. The first-order valence-electron chi connectivity index (χ1n) is 6.63. The van der Waals surface area contributed by atoms with Crippen molar-refractivity contribution in [2.75, 3.05) is 24.8 Å². The molecule has 2 aromatic carbocycles. The Kier molecular flexibility index (Phi) is 4.66. The number of ether oxygens (including phenoxy) is 2. The van der Waals surface area contributed by atoms with E-state index in [4.69, 9.17) is 15.2 Å². The zero-order chi connectivity index (χ0) is 15.2. The van der Waals surface area contributed by atoms with Crippen molar-refractivity contribution in [2.24, 2.45) is 0 Å². The van der Waals surface area contributed by atoms with Gasteiger partial charge >= 0.3 is 5.97 Å². The first kappa shape index (κ1) is 14.7. The minimum Gasteiger partial charge on any atom is -0.495 e. The van der Waals surface area contributed by atoms with Crippen LogP contribution in [-0.4, -0.2) is 19.7 Å². The highest BCUT2D eigenvalue weighted by Crippen LogP contribution is 2.31. The Morgan fingerprint density at radius 2 is 1.86 bits per heavy atom. The zero-order valence-electron chi connectivity index (χ0n) is 12.1. The Balaban J connectivity index is 2.33. The molecule has 0 aliphatic carbocycles. The highest BCUT2D eigenvalue weighted by molar-refractivity contribution is 5.99. The van der Waals surface area contributed by atoms with Crippen LogP contribution >= 0.6 is 0 Å². The van der Waals surface area contributed by atoms with Gasteiger partial charge in [-0.1, -0.05) is 18.2 Å². The smallest absolute Gasteiger partial charge is 0.340 e. The van der Waals surface area contributed by atoms with Crippen LogP contribution in [0.25, 0.3) is 0 Å². The van der Waals surface area contributed by atoms with Gasteiger partial charge in [-0.25, -0.2) is 4.79 Å². The second-order valence-electron chi connectivity index (χ2n) is 4.31. The molecule has 0 aliphatic heterocycles. The fourth-order valence-electron chi connectivity index (χ4n) is 1.95. The molecule has 2 rings (SSSR count). The maximum atomic E-state index is 11.8. The quantitative estimate of drug-likeness (QED) is 0.652. The second-order valence-corrected chi connectivity index (χ2v) is 4.31. The molecule has 0 radical (unpaired) electrons. The van der Waals surface area contributed by atoms with Crippen molar-refractivity contribution in [3.63, 3.8) is 0 Å². The molecule has 0 amide bonds. The molecular formula is C16H18N2O3. The molecule has 5 heteroatoms. The number of nitrogen functional groups attached to an aromatic ring is 1. The SMILES string of the molecule is CCOC(=O)c1cccc(Nc2ccccc2OC)c1N. The van der Waals surface area contributed by atoms with Gasteiger partial charge in [0, 0.05) is 0 Å². The van der Waals surface area contributed by atoms with Gasteiger partial charge in [0.15, 0.2) is 0 Å². The molecule has 3 N–H and O–H groups in total. The minimum absolute atomic E-state index is 0.308. The van der Waals surface area contributed by atoms with E-state index in [1.165, 1.54) is 0 Å². The molecule has 0 bridgehead atoms. The largest absolute Gasteiger partial charge is 0.495 e. The van der Waals surface area contributed by atoms with Gasteiger partial charge < -0.3 is 20.5 Å². The summed E-state index contributed by atoms with van der Waals surface area (Å²) in [6, 6.07) is 12.7. The summed E-state index contributed by atoms with van der Waals surface area (Å²) >= 11 is 0. The minimum atomic E-state index is -0.432. The summed E-state index contributed by atoms with van der Waals surface area (Å²) in [6.07, 6.45) is 0. The van der Waals surface area contributed by atoms with E-state index in [1.807, 2.05) is 24.3 Å². The van der Waals surface area contributed by atoms with Gasteiger partial charge in [0.1, 0.15) is 5.75 Å². The van der Waals surface area contributed by atoms with Crippen molar-refractivity contribution < 1.29 is 14.3 Å². The molecular weight excluding hydrogens is 268 g/mol. The van der Waals surface area contributed by atoms with Gasteiger partial charge in [-0.3, -0.25) is 0 Å². The molecule has 5 nitrogen and oxygen atoms in total. The third kappa shape index (κ3) is 3.25. The number of nitrogens with one attached hydrogen (secondary N) is 1. The summed E-state index contributed by atoms with van der Waals surface area (Å²) in [6.45, 7) is 2.06. The Labute approximate surface area is 123 Å². The normalized spacial score (nSPS) is 10.0. The lowest BCUT2D eigenvalue weighted by molar-refractivity contribution is 0.0527. The van der Waals surface area contributed by atoms with E-state index in [0.29, 0.717) is 29.3 Å². The Morgan fingerprint density at radius 3 is 2.57 bits per heavy atom. The molecule has 0 atom stereocenters. The molecule has 2 aromatic rings. The fraction of sp³-hybridized carbons (Fsp3) is 0.188. The first-order valence-corrected chi connectivity index (χ1v) is 6.63. The number of rotatable bonds is 5. The number of nitrogens with two attached hydrogens (primary N) is 1. The third-order valence-corrected chi connectivity index (χ3v) is 2.98. The highest BCUT2D eigenvalue weighted by atomic mass is 16.5. The van der Waals surface area contributed by atoms with Crippen LogP contribution in [0, 0.1) is 0 Å². The van der Waals surface area contributed by atoms with Crippen LogP contribution < -0.4 is 15.8 Å². The number of hydrogen-bond acceptors (Lipinski definition) is 5. The van der Waals surface area contributed by atoms with Gasteiger partial charge in [-0.15, -0.1) is 0 Å². The van der Waals surface area contributed by atoms with Crippen molar-refractivity contribution in [3.05, 3.63) is 48.0 Å². The van der Waals surface area contributed by atoms with Crippen molar-refractivity contribution in [1.29, 1.82) is 0 Å². The molecule has 0 aromatic heterocycles. The molecule has 0 heterocycles. The van der Waals surface area contributed by atoms with E-state index in [9.17, 15) is 4.79 Å². The standard InChI is InChI=1S/C16H18N2O3/c1-3-21-16(19)11-7-6-9-13(15(11)17)18-12-8-4-5-10-14(12)20-2/h4-10,18H,3,17H2,1-2H3. The van der Waals surface area contributed by atoms with E-state index in [2.05, 4.69) is 5.32 Å². The summed E-state index contributed by atoms with van der Waals surface area (Å²) in [5, 5.41) is 3.17. The molecule has 0 fully saturated rings. The van der Waals surface area contributed by atoms with Crippen molar-refractivity contribution >= 4 is 23.0 Å². The van der Waals surface area contributed by atoms with Crippen LogP contribution in [0.1, 0.15) is 17.3 Å². The number of anilines is 3. The molecule has 0 saturated heterocycles. The zero-order valence-corrected chi connectivity index (χ0v) is 12.1. The molecule has 0 unspecified atom stereocenters. The van der Waals surface area contributed by atoms with Gasteiger partial charge in [0.25, 0.3) is 0 Å². The van der Waals surface area contributed by atoms with Crippen molar-refractivity contribution in [3.8, 4) is 5.75 Å². The van der Waals surface area contributed by atoms with E-state index in [-0.39, 0.29) is 0 Å². The number of hydrogen-bond donors (Lipinski definition) is 2.